The van der Waals surface area contributed by atoms with Gasteiger partial charge in [-0.15, -0.1) is 0 Å². The van der Waals surface area contributed by atoms with E-state index < -0.39 is 5.54 Å². The molecule has 0 saturated carbocycles. The Kier molecular flexibility index (Phi) is 5.50. The first-order valence-corrected chi connectivity index (χ1v) is 9.99. The number of carbonyl (C=O) groups excluding carboxylic acids is 1. The normalized spacial score (nSPS) is 15.8. The van der Waals surface area contributed by atoms with Gasteiger partial charge in [-0.2, -0.15) is 0 Å². The fourth-order valence-corrected chi connectivity index (χ4v) is 3.86. The van der Waals surface area contributed by atoms with Gasteiger partial charge >= 0.3 is 0 Å². The SMILES string of the molecule is O=C(NC1(c2cccc(Br)c2)CCOCC1)c1cnc(-c2ccccc2)nc1. The highest BCUT2D eigenvalue weighted by atomic mass is 79.9. The van der Waals surface area contributed by atoms with Crippen LogP contribution in [0.3, 0.4) is 0 Å². The Hall–Kier alpha value is -2.57. The molecule has 1 amide bonds. The third-order valence-electron chi connectivity index (χ3n) is 5.02. The van der Waals surface area contributed by atoms with Crippen molar-refractivity contribution < 1.29 is 9.53 Å². The number of halogens is 1. The van der Waals surface area contributed by atoms with Gasteiger partial charge in [0.25, 0.3) is 5.91 Å². The Morgan fingerprint density at radius 3 is 2.39 bits per heavy atom. The van der Waals surface area contributed by atoms with Crippen molar-refractivity contribution in [1.29, 1.82) is 0 Å². The minimum atomic E-state index is -0.461. The van der Waals surface area contributed by atoms with Crippen molar-refractivity contribution in [2.45, 2.75) is 18.4 Å². The summed E-state index contributed by atoms with van der Waals surface area (Å²) in [6, 6.07) is 17.8. The first-order chi connectivity index (χ1) is 13.7. The highest BCUT2D eigenvalue weighted by Crippen LogP contribution is 2.33. The molecule has 1 aliphatic rings. The molecule has 1 N–H and O–H groups in total. The molecular formula is C22H20BrN3O2. The Morgan fingerprint density at radius 2 is 1.71 bits per heavy atom. The Balaban J connectivity index is 1.58. The number of amides is 1. The number of nitrogens with zero attached hydrogens (tertiary/aromatic N) is 2. The molecule has 0 bridgehead atoms. The van der Waals surface area contributed by atoms with Crippen LogP contribution in [0.2, 0.25) is 0 Å². The van der Waals surface area contributed by atoms with Crippen molar-refractivity contribution in [1.82, 2.24) is 15.3 Å². The van der Waals surface area contributed by atoms with Crippen LogP contribution in [-0.4, -0.2) is 29.1 Å². The van der Waals surface area contributed by atoms with E-state index in [-0.39, 0.29) is 5.91 Å². The molecule has 4 rings (SSSR count). The number of aromatic nitrogens is 2. The Bertz CT molecular complexity index is 955. The van der Waals surface area contributed by atoms with Crippen LogP contribution in [-0.2, 0) is 10.3 Å². The fourth-order valence-electron chi connectivity index (χ4n) is 3.46. The zero-order chi connectivity index (χ0) is 19.4. The minimum Gasteiger partial charge on any atom is -0.381 e. The summed E-state index contributed by atoms with van der Waals surface area (Å²) in [6.45, 7) is 1.21. The van der Waals surface area contributed by atoms with E-state index in [1.54, 1.807) is 12.4 Å². The van der Waals surface area contributed by atoms with Crippen molar-refractivity contribution >= 4 is 21.8 Å². The van der Waals surface area contributed by atoms with Crippen LogP contribution in [0.5, 0.6) is 0 Å². The molecule has 3 aromatic rings. The monoisotopic (exact) mass is 437 g/mol. The van der Waals surface area contributed by atoms with Gasteiger partial charge in [0.2, 0.25) is 0 Å². The van der Waals surface area contributed by atoms with Crippen molar-refractivity contribution in [3.05, 3.63) is 82.6 Å². The highest BCUT2D eigenvalue weighted by Gasteiger charge is 2.36. The van der Waals surface area contributed by atoms with E-state index in [2.05, 4.69) is 37.3 Å². The molecule has 1 saturated heterocycles. The molecule has 1 aliphatic heterocycles. The van der Waals surface area contributed by atoms with E-state index >= 15 is 0 Å². The minimum absolute atomic E-state index is 0.179. The maximum Gasteiger partial charge on any atom is 0.255 e. The summed E-state index contributed by atoms with van der Waals surface area (Å²) < 4.78 is 6.53. The van der Waals surface area contributed by atoms with E-state index in [4.69, 9.17) is 4.74 Å². The quantitative estimate of drug-likeness (QED) is 0.658. The second-order valence-electron chi connectivity index (χ2n) is 6.82. The van der Waals surface area contributed by atoms with Gasteiger partial charge in [-0.25, -0.2) is 9.97 Å². The molecule has 142 valence electrons. The molecular weight excluding hydrogens is 418 g/mol. The fraction of sp³-hybridized carbons (Fsp3) is 0.227. The van der Waals surface area contributed by atoms with E-state index in [1.165, 1.54) is 0 Å². The first-order valence-electron chi connectivity index (χ1n) is 9.20. The zero-order valence-corrected chi connectivity index (χ0v) is 16.9. The van der Waals surface area contributed by atoms with E-state index in [0.717, 1.165) is 28.4 Å². The number of carbonyl (C=O) groups is 1. The maximum absolute atomic E-state index is 13.0. The smallest absolute Gasteiger partial charge is 0.255 e. The molecule has 5 nitrogen and oxygen atoms in total. The molecule has 2 aromatic carbocycles. The number of nitrogens with one attached hydrogen (secondary N) is 1. The van der Waals surface area contributed by atoms with Crippen LogP contribution >= 0.6 is 15.9 Å². The molecule has 1 aromatic heterocycles. The number of hydrogen-bond acceptors (Lipinski definition) is 4. The van der Waals surface area contributed by atoms with Gasteiger partial charge < -0.3 is 10.1 Å². The second kappa shape index (κ2) is 8.20. The first kappa shape index (κ1) is 18.8. The molecule has 28 heavy (non-hydrogen) atoms. The van der Waals surface area contributed by atoms with Crippen LogP contribution in [0.1, 0.15) is 28.8 Å². The highest BCUT2D eigenvalue weighted by molar-refractivity contribution is 9.10. The van der Waals surface area contributed by atoms with Crippen molar-refractivity contribution in [2.24, 2.45) is 0 Å². The number of ether oxygens (including phenoxy) is 1. The summed E-state index contributed by atoms with van der Waals surface area (Å²) in [6.07, 6.45) is 4.60. The van der Waals surface area contributed by atoms with Gasteiger partial charge in [0.1, 0.15) is 0 Å². The van der Waals surface area contributed by atoms with Crippen molar-refractivity contribution in [3.8, 4) is 11.4 Å². The van der Waals surface area contributed by atoms with E-state index in [9.17, 15) is 4.79 Å². The Labute approximate surface area is 172 Å². The summed E-state index contributed by atoms with van der Waals surface area (Å²) in [5.41, 5.74) is 1.97. The van der Waals surface area contributed by atoms with Crippen molar-refractivity contribution in [2.75, 3.05) is 13.2 Å². The van der Waals surface area contributed by atoms with Gasteiger partial charge in [0.05, 0.1) is 11.1 Å². The Morgan fingerprint density at radius 1 is 1.00 bits per heavy atom. The number of hydrogen-bond donors (Lipinski definition) is 1. The van der Waals surface area contributed by atoms with Crippen LogP contribution in [0.4, 0.5) is 0 Å². The standard InChI is InChI=1S/C22H20BrN3O2/c23-19-8-4-7-18(13-19)22(9-11-28-12-10-22)26-21(27)17-14-24-20(25-15-17)16-5-2-1-3-6-16/h1-8,13-15H,9-12H2,(H,26,27). The molecule has 0 atom stereocenters. The molecule has 6 heteroatoms. The summed E-state index contributed by atoms with van der Waals surface area (Å²) in [5, 5.41) is 3.23. The van der Waals surface area contributed by atoms with Crippen LogP contribution in [0, 0.1) is 0 Å². The zero-order valence-electron chi connectivity index (χ0n) is 15.3. The van der Waals surface area contributed by atoms with Gasteiger partial charge in [0, 0.05) is 35.6 Å². The second-order valence-corrected chi connectivity index (χ2v) is 7.74. The van der Waals surface area contributed by atoms with E-state index in [0.29, 0.717) is 24.6 Å². The molecule has 2 heterocycles. The maximum atomic E-state index is 13.0. The van der Waals surface area contributed by atoms with Crippen LogP contribution < -0.4 is 5.32 Å². The van der Waals surface area contributed by atoms with Crippen LogP contribution in [0.25, 0.3) is 11.4 Å². The molecule has 0 aliphatic carbocycles. The van der Waals surface area contributed by atoms with Gasteiger partial charge in [-0.3, -0.25) is 4.79 Å². The third-order valence-corrected chi connectivity index (χ3v) is 5.52. The molecule has 0 spiro atoms. The van der Waals surface area contributed by atoms with E-state index in [1.807, 2.05) is 48.5 Å². The number of benzene rings is 2. The molecule has 0 radical (unpaired) electrons. The average Bonchev–Trinajstić information content (AvgIpc) is 2.75. The summed E-state index contributed by atoms with van der Waals surface area (Å²) in [4.78, 5) is 21.7. The number of rotatable bonds is 4. The van der Waals surface area contributed by atoms with Gasteiger partial charge in [0.15, 0.2) is 5.82 Å². The lowest BCUT2D eigenvalue weighted by atomic mass is 9.82. The third kappa shape index (κ3) is 3.98. The summed E-state index contributed by atoms with van der Waals surface area (Å²) in [7, 11) is 0. The summed E-state index contributed by atoms with van der Waals surface area (Å²) in [5.74, 6) is 0.423. The lowest BCUT2D eigenvalue weighted by Gasteiger charge is -2.38. The average molecular weight is 438 g/mol. The lowest BCUT2D eigenvalue weighted by Crippen LogP contribution is -2.49. The largest absolute Gasteiger partial charge is 0.381 e. The van der Waals surface area contributed by atoms with Gasteiger partial charge in [-0.05, 0) is 30.5 Å². The predicted molar refractivity (Wildman–Crippen MR) is 111 cm³/mol. The topological polar surface area (TPSA) is 64.1 Å². The summed E-state index contributed by atoms with van der Waals surface area (Å²) >= 11 is 3.53. The molecule has 1 fully saturated rings. The van der Waals surface area contributed by atoms with Crippen LogP contribution in [0.15, 0.2) is 71.5 Å². The predicted octanol–water partition coefficient (Wildman–Crippen LogP) is 4.34. The van der Waals surface area contributed by atoms with Crippen molar-refractivity contribution in [3.63, 3.8) is 0 Å². The molecule has 0 unspecified atom stereocenters. The van der Waals surface area contributed by atoms with Gasteiger partial charge in [-0.1, -0.05) is 58.4 Å². The lowest BCUT2D eigenvalue weighted by molar-refractivity contribution is 0.0345.